The molecule has 0 saturated heterocycles. The third-order valence-electron chi connectivity index (χ3n) is 1.68. The van der Waals surface area contributed by atoms with E-state index >= 15 is 0 Å². The molecule has 2 rings (SSSR count). The Labute approximate surface area is 88.6 Å². The van der Waals surface area contributed by atoms with Gasteiger partial charge in [-0.25, -0.2) is 9.97 Å². The van der Waals surface area contributed by atoms with Crippen molar-refractivity contribution in [1.82, 2.24) is 14.5 Å². The summed E-state index contributed by atoms with van der Waals surface area (Å²) in [6.45, 7) is 4.00. The Hall–Kier alpha value is -1.97. The van der Waals surface area contributed by atoms with E-state index in [1.54, 1.807) is 35.4 Å². The molecule has 0 amide bonds. The molecule has 15 heavy (non-hydrogen) atoms. The van der Waals surface area contributed by atoms with Gasteiger partial charge >= 0.3 is 0 Å². The second-order valence-electron chi connectivity index (χ2n) is 2.54. The van der Waals surface area contributed by atoms with Gasteiger partial charge in [-0.05, 0) is 12.1 Å². The van der Waals surface area contributed by atoms with Crippen LogP contribution in [0.4, 0.5) is 0 Å². The maximum atomic E-state index is 10.3. The molecule has 0 aliphatic rings. The fourth-order valence-electron chi connectivity index (χ4n) is 1.01. The molecule has 0 aliphatic carbocycles. The number of hydrogen-bond donors (Lipinski definition) is 0. The van der Waals surface area contributed by atoms with Gasteiger partial charge in [-0.3, -0.25) is 9.36 Å². The van der Waals surface area contributed by atoms with Crippen LogP contribution in [0.2, 0.25) is 0 Å². The third kappa shape index (κ3) is 2.74. The van der Waals surface area contributed by atoms with Crippen molar-refractivity contribution in [3.8, 4) is 5.82 Å². The van der Waals surface area contributed by atoms with Crippen molar-refractivity contribution < 1.29 is 4.79 Å². The van der Waals surface area contributed by atoms with Crippen LogP contribution >= 0.6 is 0 Å². The van der Waals surface area contributed by atoms with Crippen LogP contribution in [0.15, 0.2) is 37.1 Å². The molecule has 0 atom stereocenters. The highest BCUT2D eigenvalue weighted by Gasteiger charge is 1.95. The maximum absolute atomic E-state index is 10.3. The molecule has 2 aromatic rings. The SMILES string of the molecule is CC.O=Cc1ccc(-n2ccnc2)nc1. The Morgan fingerprint density at radius 3 is 2.60 bits per heavy atom. The summed E-state index contributed by atoms with van der Waals surface area (Å²) in [5, 5.41) is 0. The van der Waals surface area contributed by atoms with E-state index in [9.17, 15) is 4.79 Å². The monoisotopic (exact) mass is 203 g/mol. The summed E-state index contributed by atoms with van der Waals surface area (Å²) < 4.78 is 1.77. The largest absolute Gasteiger partial charge is 0.298 e. The normalized spacial score (nSPS) is 8.93. The van der Waals surface area contributed by atoms with E-state index in [0.717, 1.165) is 12.1 Å². The summed E-state index contributed by atoms with van der Waals surface area (Å²) in [6, 6.07) is 3.49. The Morgan fingerprint density at radius 2 is 2.13 bits per heavy atom. The maximum Gasteiger partial charge on any atom is 0.151 e. The van der Waals surface area contributed by atoms with E-state index in [1.165, 1.54) is 6.20 Å². The Balaban J connectivity index is 0.000000531. The van der Waals surface area contributed by atoms with Crippen LogP contribution in [0.3, 0.4) is 0 Å². The summed E-state index contributed by atoms with van der Waals surface area (Å²) in [4.78, 5) is 18.3. The molecular formula is C11H13N3O. The molecule has 0 unspecified atom stereocenters. The first kappa shape index (κ1) is 11.1. The minimum Gasteiger partial charge on any atom is -0.298 e. The van der Waals surface area contributed by atoms with Crippen molar-refractivity contribution in [2.24, 2.45) is 0 Å². The van der Waals surface area contributed by atoms with Gasteiger partial charge in [0, 0.05) is 24.2 Å². The lowest BCUT2D eigenvalue weighted by molar-refractivity contribution is 0.112. The zero-order chi connectivity index (χ0) is 11.1. The van der Waals surface area contributed by atoms with Gasteiger partial charge in [-0.1, -0.05) is 13.8 Å². The predicted octanol–water partition coefficient (Wildman–Crippen LogP) is 2.11. The number of carbonyl (C=O) groups excluding carboxylic acids is 1. The lowest BCUT2D eigenvalue weighted by Gasteiger charge is -1.99. The average molecular weight is 203 g/mol. The Kier molecular flexibility index (Phi) is 4.22. The first-order chi connectivity index (χ1) is 7.40. The molecule has 0 aromatic carbocycles. The molecule has 0 fully saturated rings. The molecule has 4 heteroatoms. The van der Waals surface area contributed by atoms with Crippen LogP contribution in [0.1, 0.15) is 24.2 Å². The molecule has 0 N–H and O–H groups in total. The number of imidazole rings is 1. The lowest BCUT2D eigenvalue weighted by atomic mass is 10.3. The number of rotatable bonds is 2. The molecule has 0 aliphatic heterocycles. The van der Waals surface area contributed by atoms with Crippen LogP contribution in [0.25, 0.3) is 5.82 Å². The minimum atomic E-state index is 0.573. The number of aromatic nitrogens is 3. The van der Waals surface area contributed by atoms with Crippen LogP contribution in [-0.2, 0) is 0 Å². The van der Waals surface area contributed by atoms with E-state index in [2.05, 4.69) is 9.97 Å². The molecule has 4 nitrogen and oxygen atoms in total. The van der Waals surface area contributed by atoms with Gasteiger partial charge < -0.3 is 0 Å². The molecular weight excluding hydrogens is 190 g/mol. The average Bonchev–Trinajstić information content (AvgIpc) is 2.85. The molecule has 0 spiro atoms. The van der Waals surface area contributed by atoms with Crippen LogP contribution in [-0.4, -0.2) is 20.8 Å². The quantitative estimate of drug-likeness (QED) is 0.702. The lowest BCUT2D eigenvalue weighted by Crippen LogP contribution is -1.94. The van der Waals surface area contributed by atoms with Crippen LogP contribution < -0.4 is 0 Å². The molecule has 78 valence electrons. The van der Waals surface area contributed by atoms with E-state index in [0.29, 0.717) is 5.56 Å². The number of aldehydes is 1. The highest BCUT2D eigenvalue weighted by atomic mass is 16.1. The predicted molar refractivity (Wildman–Crippen MR) is 58.1 cm³/mol. The van der Waals surface area contributed by atoms with E-state index in [-0.39, 0.29) is 0 Å². The van der Waals surface area contributed by atoms with Crippen molar-refractivity contribution >= 4 is 6.29 Å². The first-order valence-electron chi connectivity index (χ1n) is 4.80. The van der Waals surface area contributed by atoms with Crippen LogP contribution in [0.5, 0.6) is 0 Å². The second-order valence-corrected chi connectivity index (χ2v) is 2.54. The zero-order valence-corrected chi connectivity index (χ0v) is 8.79. The highest BCUT2D eigenvalue weighted by Crippen LogP contribution is 2.03. The van der Waals surface area contributed by atoms with Crippen LogP contribution in [0, 0.1) is 0 Å². The van der Waals surface area contributed by atoms with Crippen molar-refractivity contribution in [3.05, 3.63) is 42.6 Å². The van der Waals surface area contributed by atoms with E-state index in [1.807, 2.05) is 13.8 Å². The summed E-state index contributed by atoms with van der Waals surface area (Å²) in [7, 11) is 0. The molecule has 2 aromatic heterocycles. The van der Waals surface area contributed by atoms with E-state index in [4.69, 9.17) is 0 Å². The number of carbonyl (C=O) groups is 1. The van der Waals surface area contributed by atoms with Crippen molar-refractivity contribution in [2.75, 3.05) is 0 Å². The van der Waals surface area contributed by atoms with Gasteiger partial charge in [0.15, 0.2) is 6.29 Å². The highest BCUT2D eigenvalue weighted by molar-refractivity contribution is 5.74. The summed E-state index contributed by atoms with van der Waals surface area (Å²) in [6.07, 6.45) is 7.42. The Morgan fingerprint density at radius 1 is 1.33 bits per heavy atom. The summed E-state index contributed by atoms with van der Waals surface area (Å²) >= 11 is 0. The number of nitrogens with zero attached hydrogens (tertiary/aromatic N) is 3. The van der Waals surface area contributed by atoms with Gasteiger partial charge in [-0.15, -0.1) is 0 Å². The van der Waals surface area contributed by atoms with Crippen molar-refractivity contribution in [1.29, 1.82) is 0 Å². The topological polar surface area (TPSA) is 47.8 Å². The van der Waals surface area contributed by atoms with Gasteiger partial charge in [0.2, 0.25) is 0 Å². The number of hydrogen-bond acceptors (Lipinski definition) is 3. The first-order valence-corrected chi connectivity index (χ1v) is 4.80. The van der Waals surface area contributed by atoms with Gasteiger partial charge in [0.25, 0.3) is 0 Å². The molecule has 0 bridgehead atoms. The minimum absolute atomic E-state index is 0.573. The molecule has 0 saturated carbocycles. The standard InChI is InChI=1S/C9H7N3O.C2H6/c13-6-8-1-2-9(11-5-8)12-4-3-10-7-12;1-2/h1-7H;1-2H3. The fourth-order valence-corrected chi connectivity index (χ4v) is 1.01. The summed E-state index contributed by atoms with van der Waals surface area (Å²) in [5.41, 5.74) is 0.573. The molecule has 2 heterocycles. The Bertz CT molecular complexity index is 392. The third-order valence-corrected chi connectivity index (χ3v) is 1.68. The van der Waals surface area contributed by atoms with Gasteiger partial charge in [-0.2, -0.15) is 0 Å². The number of pyridine rings is 1. The second kappa shape index (κ2) is 5.70. The van der Waals surface area contributed by atoms with Gasteiger partial charge in [0.05, 0.1) is 0 Å². The smallest absolute Gasteiger partial charge is 0.151 e. The molecule has 0 radical (unpaired) electrons. The fraction of sp³-hybridized carbons (Fsp3) is 0.182. The zero-order valence-electron chi connectivity index (χ0n) is 8.79. The summed E-state index contributed by atoms with van der Waals surface area (Å²) in [5.74, 6) is 0.753. The van der Waals surface area contributed by atoms with E-state index < -0.39 is 0 Å². The van der Waals surface area contributed by atoms with Crippen molar-refractivity contribution in [3.63, 3.8) is 0 Å². The van der Waals surface area contributed by atoms with Gasteiger partial charge in [0.1, 0.15) is 12.1 Å². The van der Waals surface area contributed by atoms with Crippen molar-refractivity contribution in [2.45, 2.75) is 13.8 Å².